The zero-order chi connectivity index (χ0) is 14.6. The summed E-state index contributed by atoms with van der Waals surface area (Å²) < 4.78 is 5.69. The molecule has 1 atom stereocenters. The molecule has 2 aromatic carbocycles. The van der Waals surface area contributed by atoms with Gasteiger partial charge in [-0.2, -0.15) is 0 Å². The first-order valence-electron chi connectivity index (χ1n) is 6.73. The first-order chi connectivity index (χ1) is 9.48. The van der Waals surface area contributed by atoms with Crippen LogP contribution in [-0.2, 0) is 0 Å². The van der Waals surface area contributed by atoms with Gasteiger partial charge in [0.25, 0.3) is 0 Å². The molecule has 0 aliphatic carbocycles. The number of ether oxygens (including phenoxy) is 1. The monoisotopic (exact) mass is 293 g/mol. The second-order valence-electron chi connectivity index (χ2n) is 5.22. The molecule has 0 saturated heterocycles. The molecule has 20 heavy (non-hydrogen) atoms. The van der Waals surface area contributed by atoms with E-state index >= 15 is 0 Å². The molecule has 0 heterocycles. The van der Waals surface area contributed by atoms with Crippen molar-refractivity contribution in [1.82, 2.24) is 5.32 Å². The number of benzene rings is 2. The van der Waals surface area contributed by atoms with Crippen LogP contribution in [-0.4, -0.2) is 29.4 Å². The minimum atomic E-state index is -1.42. The van der Waals surface area contributed by atoms with Gasteiger partial charge in [0.2, 0.25) is 0 Å². The first-order valence-corrected chi connectivity index (χ1v) is 7.11. The first kappa shape index (κ1) is 15.1. The maximum Gasteiger partial charge on any atom is 0.185 e. The number of aliphatic hydroxyl groups is 1. The maximum atomic E-state index is 10.1. The van der Waals surface area contributed by atoms with Crippen molar-refractivity contribution in [2.24, 2.45) is 0 Å². The zero-order valence-corrected chi connectivity index (χ0v) is 12.5. The van der Waals surface area contributed by atoms with Gasteiger partial charge in [0, 0.05) is 18.0 Å². The molecule has 2 aromatic rings. The van der Waals surface area contributed by atoms with E-state index in [2.05, 4.69) is 5.32 Å². The van der Waals surface area contributed by atoms with Gasteiger partial charge in [-0.3, -0.25) is 0 Å². The summed E-state index contributed by atoms with van der Waals surface area (Å²) in [6, 6.07) is 14.1. The van der Waals surface area contributed by atoms with E-state index in [-0.39, 0.29) is 19.2 Å². The summed E-state index contributed by atoms with van der Waals surface area (Å²) in [5, 5.41) is 13.9. The second-order valence-corrected chi connectivity index (χ2v) is 5.92. The molecule has 0 radical (unpaired) electrons. The molecule has 0 spiro atoms. The van der Waals surface area contributed by atoms with Crippen molar-refractivity contribution >= 4 is 22.4 Å². The quantitative estimate of drug-likeness (QED) is 0.804. The van der Waals surface area contributed by atoms with Gasteiger partial charge in [0.1, 0.15) is 12.4 Å². The molecule has 2 rings (SSSR count). The van der Waals surface area contributed by atoms with E-state index in [1.54, 1.807) is 0 Å². The van der Waals surface area contributed by atoms with Gasteiger partial charge in [-0.1, -0.05) is 61.8 Å². The van der Waals surface area contributed by atoms with Crippen molar-refractivity contribution < 1.29 is 9.84 Å². The Morgan fingerprint density at radius 3 is 2.65 bits per heavy atom. The number of hydrogen-bond donors (Lipinski definition) is 2. The summed E-state index contributed by atoms with van der Waals surface area (Å²) in [7, 11) is 0. The largest absolute Gasteiger partial charge is 0.489 e. The maximum absolute atomic E-state index is 10.1. The molecule has 3 nitrogen and oxygen atoms in total. The molecule has 0 aromatic heterocycles. The predicted molar refractivity (Wildman–Crippen MR) is 83.4 cm³/mol. The molecule has 2 N–H and O–H groups in total. The molecule has 0 bridgehead atoms. The molecule has 0 fully saturated rings. The van der Waals surface area contributed by atoms with Gasteiger partial charge in [0.15, 0.2) is 5.06 Å². The summed E-state index contributed by atoms with van der Waals surface area (Å²) in [4.78, 5) is 0. The van der Waals surface area contributed by atoms with E-state index in [1.165, 1.54) is 0 Å². The normalized spacial score (nSPS) is 14.4. The Morgan fingerprint density at radius 2 is 1.90 bits per heavy atom. The lowest BCUT2D eigenvalue weighted by atomic mass is 10.1. The third-order valence-electron chi connectivity index (χ3n) is 2.98. The van der Waals surface area contributed by atoms with Gasteiger partial charge < -0.3 is 15.2 Å². The van der Waals surface area contributed by atoms with Crippen LogP contribution in [0.5, 0.6) is 5.75 Å². The lowest BCUT2D eigenvalue weighted by molar-refractivity contribution is 0.0677. The fraction of sp³-hybridized carbons (Fsp3) is 0.375. The van der Waals surface area contributed by atoms with Crippen molar-refractivity contribution in [2.45, 2.75) is 24.9 Å². The SMILES string of the molecule is CC(C)NCC(O)(Cl)COc1cccc2ccccc12. The lowest BCUT2D eigenvalue weighted by Gasteiger charge is -2.23. The molecule has 4 heteroatoms. The van der Waals surface area contributed by atoms with Crippen LogP contribution >= 0.6 is 11.6 Å². The highest BCUT2D eigenvalue weighted by Crippen LogP contribution is 2.26. The van der Waals surface area contributed by atoms with E-state index in [9.17, 15) is 5.11 Å². The number of alkyl halides is 1. The van der Waals surface area contributed by atoms with Crippen molar-refractivity contribution in [3.05, 3.63) is 42.5 Å². The zero-order valence-electron chi connectivity index (χ0n) is 11.8. The van der Waals surface area contributed by atoms with E-state index in [4.69, 9.17) is 16.3 Å². The van der Waals surface area contributed by atoms with Crippen LogP contribution in [0.25, 0.3) is 10.8 Å². The number of hydrogen-bond acceptors (Lipinski definition) is 3. The Balaban J connectivity index is 2.05. The van der Waals surface area contributed by atoms with Crippen LogP contribution < -0.4 is 10.1 Å². The van der Waals surface area contributed by atoms with E-state index in [0.29, 0.717) is 0 Å². The fourth-order valence-electron chi connectivity index (χ4n) is 1.92. The van der Waals surface area contributed by atoms with E-state index in [1.807, 2.05) is 56.3 Å². The summed E-state index contributed by atoms with van der Waals surface area (Å²) in [6.45, 7) is 4.30. The molecular weight excluding hydrogens is 274 g/mol. The second kappa shape index (κ2) is 6.44. The number of fused-ring (bicyclic) bond motifs is 1. The molecular formula is C16H20ClNO2. The number of halogens is 1. The molecule has 0 aliphatic rings. The van der Waals surface area contributed by atoms with Gasteiger partial charge >= 0.3 is 0 Å². The molecule has 0 amide bonds. The minimum absolute atomic E-state index is 0.0300. The Labute approximate surface area is 124 Å². The Hall–Kier alpha value is -1.29. The van der Waals surface area contributed by atoms with Crippen LogP contribution in [0.1, 0.15) is 13.8 Å². The Morgan fingerprint density at radius 1 is 1.20 bits per heavy atom. The van der Waals surface area contributed by atoms with Gasteiger partial charge in [-0.05, 0) is 11.5 Å². The van der Waals surface area contributed by atoms with Crippen LogP contribution in [0, 0.1) is 0 Å². The van der Waals surface area contributed by atoms with Crippen molar-refractivity contribution in [1.29, 1.82) is 0 Å². The van der Waals surface area contributed by atoms with Crippen LogP contribution in [0.15, 0.2) is 42.5 Å². The standard InChI is InChI=1S/C16H20ClNO2/c1-12(2)18-10-16(17,19)11-20-15-9-5-7-13-6-3-4-8-14(13)15/h3-9,12,18-19H,10-11H2,1-2H3. The van der Waals surface area contributed by atoms with Crippen LogP contribution in [0.2, 0.25) is 0 Å². The lowest BCUT2D eigenvalue weighted by Crippen LogP contribution is -2.42. The van der Waals surface area contributed by atoms with E-state index < -0.39 is 5.06 Å². The number of rotatable bonds is 6. The van der Waals surface area contributed by atoms with Crippen molar-refractivity contribution in [3.63, 3.8) is 0 Å². The average Bonchev–Trinajstić information content (AvgIpc) is 2.43. The third kappa shape index (κ3) is 4.10. The molecule has 1 unspecified atom stereocenters. The smallest absolute Gasteiger partial charge is 0.185 e. The fourth-order valence-corrected chi connectivity index (χ4v) is 2.05. The summed E-state index contributed by atoms with van der Waals surface area (Å²) in [6.07, 6.45) is 0. The van der Waals surface area contributed by atoms with Crippen LogP contribution in [0.3, 0.4) is 0 Å². The van der Waals surface area contributed by atoms with Gasteiger partial charge in [-0.25, -0.2) is 0 Å². The summed E-state index contributed by atoms with van der Waals surface area (Å²) >= 11 is 6.05. The average molecular weight is 294 g/mol. The highest BCUT2D eigenvalue weighted by atomic mass is 35.5. The van der Waals surface area contributed by atoms with Crippen molar-refractivity contribution in [3.8, 4) is 5.75 Å². The number of nitrogens with one attached hydrogen (secondary N) is 1. The van der Waals surface area contributed by atoms with Crippen molar-refractivity contribution in [2.75, 3.05) is 13.2 Å². The Kier molecular flexibility index (Phi) is 4.86. The third-order valence-corrected chi connectivity index (χ3v) is 3.22. The molecule has 108 valence electrons. The summed E-state index contributed by atoms with van der Waals surface area (Å²) in [5.41, 5.74) is 0. The summed E-state index contributed by atoms with van der Waals surface area (Å²) in [5.74, 6) is 0.728. The topological polar surface area (TPSA) is 41.5 Å². The highest BCUT2D eigenvalue weighted by molar-refractivity contribution is 6.23. The highest BCUT2D eigenvalue weighted by Gasteiger charge is 2.24. The molecule has 0 aliphatic heterocycles. The van der Waals surface area contributed by atoms with E-state index in [0.717, 1.165) is 16.5 Å². The Bertz CT molecular complexity index is 564. The van der Waals surface area contributed by atoms with Gasteiger partial charge in [-0.15, -0.1) is 0 Å². The van der Waals surface area contributed by atoms with Gasteiger partial charge in [0.05, 0.1) is 0 Å². The molecule has 0 saturated carbocycles. The predicted octanol–water partition coefficient (Wildman–Crippen LogP) is 3.14. The minimum Gasteiger partial charge on any atom is -0.489 e. The van der Waals surface area contributed by atoms with Crippen LogP contribution in [0.4, 0.5) is 0 Å².